The maximum absolute atomic E-state index is 12.5. The number of para-hydroxylation sites is 1. The molecule has 0 aliphatic carbocycles. The quantitative estimate of drug-likeness (QED) is 0.279. The lowest BCUT2D eigenvalue weighted by molar-refractivity contribution is 0.0696. The third-order valence-electron chi connectivity index (χ3n) is 5.68. The number of aromatic carboxylic acids is 1. The normalized spacial score (nSPS) is 11.2. The summed E-state index contributed by atoms with van der Waals surface area (Å²) in [6, 6.07) is 21.0. The van der Waals surface area contributed by atoms with Crippen LogP contribution in [0.2, 0.25) is 0 Å². The summed E-state index contributed by atoms with van der Waals surface area (Å²) in [6.45, 7) is 2.11. The monoisotopic (exact) mass is 479 g/mol. The largest absolute Gasteiger partial charge is 0.478 e. The van der Waals surface area contributed by atoms with Gasteiger partial charge in [-0.3, -0.25) is 4.79 Å². The predicted octanol–water partition coefficient (Wildman–Crippen LogP) is 5.04. The van der Waals surface area contributed by atoms with Gasteiger partial charge in [-0.25, -0.2) is 13.2 Å². The average Bonchev–Trinajstić information content (AvgIpc) is 2.83. The van der Waals surface area contributed by atoms with Crippen LogP contribution in [-0.2, 0) is 22.7 Å². The van der Waals surface area contributed by atoms with Crippen LogP contribution in [0, 0.1) is 0 Å². The number of Topliss-reactive ketones (excluding diaryl/α,β-unsaturated/α-hetero) is 1. The summed E-state index contributed by atoms with van der Waals surface area (Å²) in [4.78, 5) is 22.6. The van der Waals surface area contributed by atoms with Gasteiger partial charge in [0.2, 0.25) is 0 Å². The van der Waals surface area contributed by atoms with Crippen LogP contribution in [-0.4, -0.2) is 37.6 Å². The summed E-state index contributed by atoms with van der Waals surface area (Å²) in [5.74, 6) is -0.964. The van der Waals surface area contributed by atoms with Crippen molar-refractivity contribution in [2.75, 3.05) is 17.6 Å². The number of carbonyl (C=O) groups excluding carboxylic acids is 1. The summed E-state index contributed by atoms with van der Waals surface area (Å²) in [5.41, 5.74) is 4.02. The summed E-state index contributed by atoms with van der Waals surface area (Å²) >= 11 is 0. The third kappa shape index (κ3) is 7.02. The van der Waals surface area contributed by atoms with Crippen LogP contribution in [0.5, 0.6) is 0 Å². The zero-order valence-corrected chi connectivity index (χ0v) is 20.0. The van der Waals surface area contributed by atoms with Gasteiger partial charge in [-0.2, -0.15) is 0 Å². The van der Waals surface area contributed by atoms with Crippen molar-refractivity contribution < 1.29 is 23.1 Å². The molecule has 7 heteroatoms. The molecule has 178 valence electrons. The molecule has 0 aliphatic rings. The van der Waals surface area contributed by atoms with Crippen LogP contribution < -0.4 is 5.32 Å². The number of unbranched alkanes of at least 4 members (excludes halogenated alkanes) is 1. The number of ketones is 1. The lowest BCUT2D eigenvalue weighted by Gasteiger charge is -2.12. The zero-order chi connectivity index (χ0) is 24.6. The minimum atomic E-state index is -3.38. The van der Waals surface area contributed by atoms with Crippen molar-refractivity contribution in [3.8, 4) is 0 Å². The Kier molecular flexibility index (Phi) is 8.60. The van der Waals surface area contributed by atoms with Crippen LogP contribution in [0.1, 0.15) is 51.6 Å². The molecule has 3 aromatic rings. The fraction of sp³-hybridized carbons (Fsp3) is 0.259. The number of benzene rings is 3. The first-order valence-corrected chi connectivity index (χ1v) is 12.9. The molecular formula is C27H29NO5S. The Morgan fingerprint density at radius 3 is 2.12 bits per heavy atom. The van der Waals surface area contributed by atoms with Gasteiger partial charge >= 0.3 is 5.97 Å². The molecule has 0 atom stereocenters. The van der Waals surface area contributed by atoms with Crippen molar-refractivity contribution in [1.29, 1.82) is 0 Å². The molecule has 34 heavy (non-hydrogen) atoms. The van der Waals surface area contributed by atoms with Gasteiger partial charge in [0, 0.05) is 17.8 Å². The summed E-state index contributed by atoms with van der Waals surface area (Å²) in [6.07, 6.45) is 2.83. The molecule has 0 bridgehead atoms. The van der Waals surface area contributed by atoms with Gasteiger partial charge in [0.1, 0.15) is 0 Å². The molecule has 0 radical (unpaired) electrons. The smallest absolute Gasteiger partial charge is 0.335 e. The minimum absolute atomic E-state index is 0.0576. The van der Waals surface area contributed by atoms with E-state index in [-0.39, 0.29) is 22.0 Å². The molecule has 0 aliphatic heterocycles. The number of sulfone groups is 1. The second-order valence-corrected chi connectivity index (χ2v) is 10.3. The van der Waals surface area contributed by atoms with Crippen LogP contribution >= 0.6 is 0 Å². The fourth-order valence-corrected chi connectivity index (χ4v) is 5.03. The highest BCUT2D eigenvalue weighted by molar-refractivity contribution is 7.91. The molecule has 2 N–H and O–H groups in total. The van der Waals surface area contributed by atoms with Crippen molar-refractivity contribution in [1.82, 2.24) is 0 Å². The third-order valence-corrected chi connectivity index (χ3v) is 7.49. The van der Waals surface area contributed by atoms with Crippen LogP contribution in [0.25, 0.3) is 0 Å². The number of aryl methyl sites for hydroxylation is 2. The maximum atomic E-state index is 12.5. The number of nitrogens with one attached hydrogen (secondary N) is 1. The van der Waals surface area contributed by atoms with E-state index in [0.717, 1.165) is 29.7 Å². The summed E-state index contributed by atoms with van der Waals surface area (Å²) in [7, 11) is -3.38. The van der Waals surface area contributed by atoms with Crippen LogP contribution in [0.15, 0.2) is 77.7 Å². The van der Waals surface area contributed by atoms with E-state index in [0.29, 0.717) is 24.9 Å². The number of rotatable bonds is 12. The Bertz CT molecular complexity index is 1230. The van der Waals surface area contributed by atoms with Crippen molar-refractivity contribution in [2.45, 2.75) is 37.5 Å². The first-order chi connectivity index (χ1) is 16.3. The fourth-order valence-electron chi connectivity index (χ4n) is 3.66. The highest BCUT2D eigenvalue weighted by Gasteiger charge is 2.14. The van der Waals surface area contributed by atoms with Crippen LogP contribution in [0.4, 0.5) is 5.69 Å². The van der Waals surface area contributed by atoms with E-state index in [1.54, 1.807) is 24.3 Å². The molecule has 0 aromatic heterocycles. The van der Waals surface area contributed by atoms with Gasteiger partial charge in [0.05, 0.1) is 16.2 Å². The standard InChI is InChI=1S/C27H29NO5S/c1-20(29)22-14-16-25(17-15-22)34(32,33)19-5-4-18-28-26-7-3-2-6-23(26)11-8-21-9-12-24(13-10-21)27(30)31/h2-3,6-7,9-10,12-17,28H,4-5,8,11,18-19H2,1H3,(H,30,31). The van der Waals surface area contributed by atoms with Crippen LogP contribution in [0.3, 0.4) is 0 Å². The maximum Gasteiger partial charge on any atom is 0.335 e. The summed E-state index contributed by atoms with van der Waals surface area (Å²) in [5, 5.41) is 12.4. The first kappa shape index (κ1) is 25.2. The highest BCUT2D eigenvalue weighted by Crippen LogP contribution is 2.19. The Hall–Kier alpha value is -3.45. The lowest BCUT2D eigenvalue weighted by Crippen LogP contribution is -2.10. The van der Waals surface area contributed by atoms with Gasteiger partial charge < -0.3 is 10.4 Å². The second kappa shape index (κ2) is 11.6. The molecule has 0 unspecified atom stereocenters. The number of carboxylic acid groups (broad SMARTS) is 1. The molecular weight excluding hydrogens is 450 g/mol. The van der Waals surface area contributed by atoms with E-state index in [2.05, 4.69) is 11.4 Å². The number of hydrogen-bond donors (Lipinski definition) is 2. The molecule has 6 nitrogen and oxygen atoms in total. The number of anilines is 1. The second-order valence-electron chi connectivity index (χ2n) is 8.19. The van der Waals surface area contributed by atoms with E-state index in [9.17, 15) is 18.0 Å². The number of carboxylic acids is 1. The molecule has 0 amide bonds. The van der Waals surface area contributed by atoms with Gasteiger partial charge in [-0.15, -0.1) is 0 Å². The molecule has 0 spiro atoms. The molecule has 0 heterocycles. The Labute approximate surface area is 200 Å². The van der Waals surface area contributed by atoms with E-state index in [1.165, 1.54) is 19.1 Å². The predicted molar refractivity (Wildman–Crippen MR) is 133 cm³/mol. The minimum Gasteiger partial charge on any atom is -0.478 e. The molecule has 3 aromatic carbocycles. The topological polar surface area (TPSA) is 101 Å². The molecule has 0 saturated heterocycles. The summed E-state index contributed by atoms with van der Waals surface area (Å²) < 4.78 is 25.1. The van der Waals surface area contributed by atoms with Crippen molar-refractivity contribution in [3.63, 3.8) is 0 Å². The Balaban J connectivity index is 1.47. The molecule has 0 saturated carbocycles. The van der Waals surface area contributed by atoms with Gasteiger partial charge in [0.15, 0.2) is 15.6 Å². The van der Waals surface area contributed by atoms with Crippen molar-refractivity contribution in [2.24, 2.45) is 0 Å². The lowest BCUT2D eigenvalue weighted by atomic mass is 10.0. The van der Waals surface area contributed by atoms with Crippen molar-refractivity contribution >= 4 is 27.3 Å². The van der Waals surface area contributed by atoms with E-state index < -0.39 is 15.8 Å². The number of carbonyl (C=O) groups is 2. The van der Waals surface area contributed by atoms with Crippen molar-refractivity contribution in [3.05, 3.63) is 95.1 Å². The van der Waals surface area contributed by atoms with Gasteiger partial charge in [-0.05, 0) is 74.1 Å². The average molecular weight is 480 g/mol. The first-order valence-electron chi connectivity index (χ1n) is 11.2. The molecule has 3 rings (SSSR count). The van der Waals surface area contributed by atoms with Gasteiger partial charge in [0.25, 0.3) is 0 Å². The molecule has 0 fully saturated rings. The van der Waals surface area contributed by atoms with E-state index >= 15 is 0 Å². The Morgan fingerprint density at radius 2 is 1.47 bits per heavy atom. The highest BCUT2D eigenvalue weighted by atomic mass is 32.2. The van der Waals surface area contributed by atoms with E-state index in [4.69, 9.17) is 5.11 Å². The Morgan fingerprint density at radius 1 is 0.824 bits per heavy atom. The number of hydrogen-bond acceptors (Lipinski definition) is 5. The SMILES string of the molecule is CC(=O)c1ccc(S(=O)(=O)CCCCNc2ccccc2CCc2ccc(C(=O)O)cc2)cc1. The van der Waals surface area contributed by atoms with E-state index in [1.807, 2.05) is 30.3 Å². The zero-order valence-electron chi connectivity index (χ0n) is 19.2. The van der Waals surface area contributed by atoms with Gasteiger partial charge in [-0.1, -0.05) is 42.5 Å².